The third-order valence-electron chi connectivity index (χ3n) is 0.996. The fraction of sp³-hybridized carbons (Fsp3) is 0.714. The molecule has 0 fully saturated rings. The molecular formula is C7H12F2S. The Morgan fingerprint density at radius 3 is 2.70 bits per heavy atom. The fourth-order valence-corrected chi connectivity index (χ4v) is 1.20. The van der Waals surface area contributed by atoms with Crippen LogP contribution in [-0.2, 0) is 0 Å². The van der Waals surface area contributed by atoms with E-state index in [0.717, 1.165) is 24.0 Å². The normalized spacial score (nSPS) is 9.50. The number of halogens is 2. The van der Waals surface area contributed by atoms with Gasteiger partial charge in [0.1, 0.15) is 0 Å². The van der Waals surface area contributed by atoms with Gasteiger partial charge < -0.3 is 0 Å². The lowest BCUT2D eigenvalue weighted by Crippen LogP contribution is -1.78. The van der Waals surface area contributed by atoms with Crippen LogP contribution in [0.5, 0.6) is 0 Å². The molecule has 0 bridgehead atoms. The average Bonchev–Trinajstić information content (AvgIpc) is 1.87. The molecule has 0 saturated carbocycles. The van der Waals surface area contributed by atoms with Gasteiger partial charge in [-0.25, -0.2) is 0 Å². The molecule has 0 N–H and O–H groups in total. The van der Waals surface area contributed by atoms with E-state index in [1.165, 1.54) is 0 Å². The minimum Gasteiger partial charge on any atom is -0.174 e. The zero-order chi connectivity index (χ0) is 7.82. The van der Waals surface area contributed by atoms with E-state index in [1.807, 2.05) is 0 Å². The number of allylic oxidation sites excluding steroid dienone is 1. The Balaban J connectivity index is 2.98. The van der Waals surface area contributed by atoms with E-state index in [4.69, 9.17) is 0 Å². The largest absolute Gasteiger partial charge is 0.266 e. The van der Waals surface area contributed by atoms with Crippen molar-refractivity contribution in [2.75, 3.05) is 11.5 Å². The summed E-state index contributed by atoms with van der Waals surface area (Å²) < 4.78 is 22.8. The standard InChI is InChI=1S/C7H12F2S/c1-2-10-6-4-3-5-7(8)9/h5H,2-4,6H2,1H3. The van der Waals surface area contributed by atoms with Gasteiger partial charge in [-0.1, -0.05) is 6.92 Å². The van der Waals surface area contributed by atoms with Crippen molar-refractivity contribution in [1.29, 1.82) is 0 Å². The molecule has 0 saturated heterocycles. The van der Waals surface area contributed by atoms with Crippen molar-refractivity contribution in [3.05, 3.63) is 12.2 Å². The van der Waals surface area contributed by atoms with Crippen LogP contribution in [0.4, 0.5) is 8.78 Å². The molecule has 0 amide bonds. The summed E-state index contributed by atoms with van der Waals surface area (Å²) >= 11 is 1.79. The number of hydrogen-bond acceptors (Lipinski definition) is 1. The molecule has 3 heteroatoms. The number of hydrogen-bond donors (Lipinski definition) is 0. The first-order valence-corrected chi connectivity index (χ1v) is 4.51. The second kappa shape index (κ2) is 7.06. The molecule has 0 atom stereocenters. The first-order valence-electron chi connectivity index (χ1n) is 3.36. The lowest BCUT2D eigenvalue weighted by Gasteiger charge is -1.92. The Morgan fingerprint density at radius 1 is 1.50 bits per heavy atom. The van der Waals surface area contributed by atoms with Crippen molar-refractivity contribution < 1.29 is 8.78 Å². The first kappa shape index (κ1) is 9.95. The third kappa shape index (κ3) is 7.95. The van der Waals surface area contributed by atoms with Crippen molar-refractivity contribution in [3.8, 4) is 0 Å². The maximum atomic E-state index is 11.4. The van der Waals surface area contributed by atoms with E-state index in [1.54, 1.807) is 11.8 Å². The maximum Gasteiger partial charge on any atom is 0.266 e. The highest BCUT2D eigenvalue weighted by molar-refractivity contribution is 7.99. The predicted octanol–water partition coefficient (Wildman–Crippen LogP) is 3.30. The fourth-order valence-electron chi connectivity index (χ4n) is 0.541. The van der Waals surface area contributed by atoms with Gasteiger partial charge in [-0.2, -0.15) is 20.5 Å². The van der Waals surface area contributed by atoms with Crippen LogP contribution in [-0.4, -0.2) is 11.5 Å². The highest BCUT2D eigenvalue weighted by Crippen LogP contribution is 2.06. The van der Waals surface area contributed by atoms with Crippen LogP contribution >= 0.6 is 11.8 Å². The molecule has 0 unspecified atom stereocenters. The van der Waals surface area contributed by atoms with Gasteiger partial charge in [-0.05, 0) is 30.4 Å². The van der Waals surface area contributed by atoms with Crippen molar-refractivity contribution >= 4 is 11.8 Å². The van der Waals surface area contributed by atoms with E-state index in [-0.39, 0.29) is 0 Å². The Kier molecular flexibility index (Phi) is 7.03. The minimum absolute atomic E-state index is 0.509. The molecule has 0 aromatic carbocycles. The lowest BCUT2D eigenvalue weighted by atomic mass is 10.3. The smallest absolute Gasteiger partial charge is 0.174 e. The van der Waals surface area contributed by atoms with Gasteiger partial charge in [0.15, 0.2) is 0 Å². The van der Waals surface area contributed by atoms with Gasteiger partial charge in [0.25, 0.3) is 6.08 Å². The van der Waals surface area contributed by atoms with Crippen molar-refractivity contribution in [3.63, 3.8) is 0 Å². The predicted molar refractivity (Wildman–Crippen MR) is 42.5 cm³/mol. The molecule has 0 aliphatic rings. The van der Waals surface area contributed by atoms with E-state index in [0.29, 0.717) is 6.42 Å². The summed E-state index contributed by atoms with van der Waals surface area (Å²) in [6.07, 6.45) is 0.794. The van der Waals surface area contributed by atoms with Crippen molar-refractivity contribution in [1.82, 2.24) is 0 Å². The molecule has 0 heterocycles. The number of unbranched alkanes of at least 4 members (excludes halogenated alkanes) is 1. The molecule has 0 radical (unpaired) electrons. The summed E-state index contributed by atoms with van der Waals surface area (Å²) in [7, 11) is 0. The Hall–Kier alpha value is -0.0500. The SMILES string of the molecule is CCSCCCC=C(F)F. The first-order chi connectivity index (χ1) is 4.77. The summed E-state index contributed by atoms with van der Waals surface area (Å²) in [6, 6.07) is 0. The number of thioether (sulfide) groups is 1. The molecular weight excluding hydrogens is 154 g/mol. The van der Waals surface area contributed by atoms with Crippen LogP contribution in [0.25, 0.3) is 0 Å². The van der Waals surface area contributed by atoms with Gasteiger partial charge in [0.2, 0.25) is 0 Å². The molecule has 0 aliphatic heterocycles. The summed E-state index contributed by atoms with van der Waals surface area (Å²) in [6.45, 7) is 2.07. The summed E-state index contributed by atoms with van der Waals surface area (Å²) in [5, 5.41) is 0. The van der Waals surface area contributed by atoms with Gasteiger partial charge in [-0.15, -0.1) is 0 Å². The molecule has 0 nitrogen and oxygen atoms in total. The summed E-state index contributed by atoms with van der Waals surface area (Å²) in [4.78, 5) is 0. The maximum absolute atomic E-state index is 11.4. The van der Waals surface area contributed by atoms with Gasteiger partial charge >= 0.3 is 0 Å². The van der Waals surface area contributed by atoms with Crippen LogP contribution in [0.3, 0.4) is 0 Å². The van der Waals surface area contributed by atoms with Crippen LogP contribution in [0.2, 0.25) is 0 Å². The Morgan fingerprint density at radius 2 is 2.20 bits per heavy atom. The molecule has 10 heavy (non-hydrogen) atoms. The average molecular weight is 166 g/mol. The van der Waals surface area contributed by atoms with Gasteiger partial charge in [0, 0.05) is 0 Å². The molecule has 0 spiro atoms. The quantitative estimate of drug-likeness (QED) is 0.565. The number of rotatable bonds is 5. The Bertz CT molecular complexity index is 97.8. The summed E-state index contributed by atoms with van der Waals surface area (Å²) in [5.41, 5.74) is 0. The van der Waals surface area contributed by atoms with Crippen LogP contribution < -0.4 is 0 Å². The summed E-state index contributed by atoms with van der Waals surface area (Å²) in [5.74, 6) is 2.06. The second-order valence-corrected chi connectivity index (χ2v) is 3.23. The van der Waals surface area contributed by atoms with E-state index in [2.05, 4.69) is 6.92 Å². The van der Waals surface area contributed by atoms with E-state index >= 15 is 0 Å². The monoisotopic (exact) mass is 166 g/mol. The van der Waals surface area contributed by atoms with Crippen molar-refractivity contribution in [2.45, 2.75) is 19.8 Å². The highest BCUT2D eigenvalue weighted by Gasteiger charge is 1.88. The zero-order valence-electron chi connectivity index (χ0n) is 6.07. The molecule has 0 rings (SSSR count). The Labute approximate surface area is 64.7 Å². The molecule has 0 aromatic rings. The van der Waals surface area contributed by atoms with E-state index < -0.39 is 6.08 Å². The lowest BCUT2D eigenvalue weighted by molar-refractivity contribution is 0.417. The third-order valence-corrected chi connectivity index (χ3v) is 1.98. The van der Waals surface area contributed by atoms with E-state index in [9.17, 15) is 8.78 Å². The highest BCUT2D eigenvalue weighted by atomic mass is 32.2. The minimum atomic E-state index is -1.55. The molecule has 60 valence electrons. The van der Waals surface area contributed by atoms with Gasteiger partial charge in [0.05, 0.1) is 0 Å². The molecule has 0 aromatic heterocycles. The van der Waals surface area contributed by atoms with Crippen LogP contribution in [0.15, 0.2) is 12.2 Å². The topological polar surface area (TPSA) is 0 Å². The van der Waals surface area contributed by atoms with Crippen LogP contribution in [0, 0.1) is 0 Å². The van der Waals surface area contributed by atoms with Crippen LogP contribution in [0.1, 0.15) is 19.8 Å². The second-order valence-electron chi connectivity index (χ2n) is 1.83. The molecule has 0 aliphatic carbocycles. The zero-order valence-corrected chi connectivity index (χ0v) is 6.89. The van der Waals surface area contributed by atoms with Gasteiger partial charge in [-0.3, -0.25) is 0 Å². The van der Waals surface area contributed by atoms with Crippen molar-refractivity contribution in [2.24, 2.45) is 0 Å².